The molecular weight excluding hydrogens is 354 g/mol. The molecule has 1 aliphatic heterocycles. The second-order valence-corrected chi connectivity index (χ2v) is 7.92. The molecule has 0 saturated carbocycles. The van der Waals surface area contributed by atoms with Gasteiger partial charge >= 0.3 is 0 Å². The minimum absolute atomic E-state index is 0.128. The smallest absolute Gasteiger partial charge is 0.162 e. The lowest BCUT2D eigenvalue weighted by atomic mass is 9.53. The number of phenols is 1. The molecule has 2 aliphatic carbocycles. The van der Waals surface area contributed by atoms with E-state index < -0.39 is 0 Å². The Hall–Kier alpha value is -1.26. The molecule has 0 aromatic heterocycles. The summed E-state index contributed by atoms with van der Waals surface area (Å²) in [5, 5.41) is 10.9. The number of rotatable bonds is 1. The normalized spacial score (nSPS) is 32.5. The van der Waals surface area contributed by atoms with E-state index in [0.717, 1.165) is 24.9 Å². The zero-order chi connectivity index (χ0) is 16.4. The number of benzene rings is 1. The predicted molar refractivity (Wildman–Crippen MR) is 95.3 cm³/mol. The minimum Gasteiger partial charge on any atom is -0.504 e. The quantitative estimate of drug-likeness (QED) is 0.810. The van der Waals surface area contributed by atoms with Crippen molar-refractivity contribution in [1.82, 2.24) is 4.90 Å². The highest BCUT2D eigenvalue weighted by Crippen LogP contribution is 2.60. The monoisotopic (exact) mass is 375 g/mol. The largest absolute Gasteiger partial charge is 0.504 e. The number of allylic oxidation sites excluding steroid dienone is 3. The van der Waals surface area contributed by atoms with Crippen LogP contribution >= 0.6 is 15.9 Å². The average Bonchev–Trinajstić information content (AvgIpc) is 2.54. The fraction of sp³-hybridized carbons (Fsp3) is 0.474. The summed E-state index contributed by atoms with van der Waals surface area (Å²) in [5.41, 5.74) is 3.56. The molecule has 3 nitrogen and oxygen atoms in total. The summed E-state index contributed by atoms with van der Waals surface area (Å²) < 4.78 is 6.65. The molecule has 2 bridgehead atoms. The Morgan fingerprint density at radius 3 is 2.87 bits per heavy atom. The highest BCUT2D eigenvalue weighted by atomic mass is 79.9. The van der Waals surface area contributed by atoms with Crippen LogP contribution in [-0.4, -0.2) is 36.8 Å². The second-order valence-electron chi connectivity index (χ2n) is 7.00. The molecule has 0 spiro atoms. The number of likely N-dealkylation sites (tertiary alicyclic amines) is 1. The van der Waals surface area contributed by atoms with Crippen LogP contribution in [0.15, 0.2) is 34.3 Å². The van der Waals surface area contributed by atoms with Gasteiger partial charge in [-0.05, 0) is 45.0 Å². The number of piperidine rings is 1. The maximum atomic E-state index is 10.9. The number of hydrogen-bond acceptors (Lipinski definition) is 3. The van der Waals surface area contributed by atoms with Crippen LogP contribution in [0, 0.1) is 5.92 Å². The fourth-order valence-corrected chi connectivity index (χ4v) is 5.83. The average molecular weight is 376 g/mol. The molecule has 1 aromatic rings. The molecular formula is C19H22BrNO2. The SMILES string of the molecule is COc1ccc2c(c1O)[C@]13CCN(C)[C@H](C2)[C@H]1C(Br)=CC=C3C. The van der Waals surface area contributed by atoms with E-state index in [1.807, 2.05) is 6.07 Å². The third kappa shape index (κ3) is 1.85. The van der Waals surface area contributed by atoms with Gasteiger partial charge in [0.1, 0.15) is 0 Å². The van der Waals surface area contributed by atoms with Gasteiger partial charge < -0.3 is 14.7 Å². The van der Waals surface area contributed by atoms with Crippen molar-refractivity contribution in [1.29, 1.82) is 0 Å². The van der Waals surface area contributed by atoms with E-state index in [-0.39, 0.29) is 5.41 Å². The van der Waals surface area contributed by atoms with E-state index in [4.69, 9.17) is 4.74 Å². The van der Waals surface area contributed by atoms with Gasteiger partial charge in [-0.15, -0.1) is 0 Å². The second kappa shape index (κ2) is 5.12. The number of ether oxygens (including phenoxy) is 1. The summed E-state index contributed by atoms with van der Waals surface area (Å²) in [6.45, 7) is 3.25. The van der Waals surface area contributed by atoms with E-state index in [9.17, 15) is 5.11 Å². The fourth-order valence-electron chi connectivity index (χ4n) is 5.00. The van der Waals surface area contributed by atoms with Gasteiger partial charge in [0.25, 0.3) is 0 Å². The maximum absolute atomic E-state index is 10.9. The molecule has 0 unspecified atom stereocenters. The molecule has 0 radical (unpaired) electrons. The molecule has 1 saturated heterocycles. The van der Waals surface area contributed by atoms with Crippen LogP contribution in [0.25, 0.3) is 0 Å². The summed E-state index contributed by atoms with van der Waals surface area (Å²) in [6.07, 6.45) is 6.37. The van der Waals surface area contributed by atoms with Gasteiger partial charge in [0.05, 0.1) is 7.11 Å². The zero-order valence-electron chi connectivity index (χ0n) is 13.8. The summed E-state index contributed by atoms with van der Waals surface area (Å²) in [4.78, 5) is 2.47. The first-order valence-corrected chi connectivity index (χ1v) is 8.94. The van der Waals surface area contributed by atoms with Crippen molar-refractivity contribution < 1.29 is 9.84 Å². The number of fused-ring (bicyclic) bond motifs is 1. The van der Waals surface area contributed by atoms with E-state index in [1.54, 1.807) is 7.11 Å². The van der Waals surface area contributed by atoms with Crippen molar-refractivity contribution in [2.24, 2.45) is 5.92 Å². The molecule has 3 aliphatic rings. The number of hydrogen-bond donors (Lipinski definition) is 1. The van der Waals surface area contributed by atoms with Gasteiger partial charge in [0, 0.05) is 27.4 Å². The molecule has 1 fully saturated rings. The van der Waals surface area contributed by atoms with Gasteiger partial charge in [-0.2, -0.15) is 0 Å². The van der Waals surface area contributed by atoms with Crippen LogP contribution in [0.3, 0.4) is 0 Å². The van der Waals surface area contributed by atoms with E-state index in [0.29, 0.717) is 23.5 Å². The van der Waals surface area contributed by atoms with Crippen LogP contribution < -0.4 is 4.74 Å². The van der Waals surface area contributed by atoms with Crippen LogP contribution in [0.5, 0.6) is 11.5 Å². The Morgan fingerprint density at radius 2 is 2.13 bits per heavy atom. The molecule has 4 rings (SSSR count). The van der Waals surface area contributed by atoms with Gasteiger partial charge in [-0.25, -0.2) is 0 Å². The molecule has 3 atom stereocenters. The third-order valence-electron chi connectivity index (χ3n) is 6.16. The van der Waals surface area contributed by atoms with Crippen LogP contribution in [-0.2, 0) is 11.8 Å². The molecule has 0 amide bonds. The summed E-state index contributed by atoms with van der Waals surface area (Å²) in [5.74, 6) is 1.26. The van der Waals surface area contributed by atoms with E-state index in [1.165, 1.54) is 15.6 Å². The first-order chi connectivity index (χ1) is 11.0. The maximum Gasteiger partial charge on any atom is 0.162 e. The van der Waals surface area contributed by atoms with Crippen molar-refractivity contribution >= 4 is 15.9 Å². The number of halogens is 1. The summed E-state index contributed by atoms with van der Waals surface area (Å²) in [6, 6.07) is 4.49. The van der Waals surface area contributed by atoms with Crippen LogP contribution in [0.1, 0.15) is 24.5 Å². The molecule has 1 aromatic carbocycles. The Balaban J connectivity index is 2.04. The lowest BCUT2D eigenvalue weighted by Crippen LogP contribution is -2.60. The third-order valence-corrected chi connectivity index (χ3v) is 6.91. The number of nitrogens with zero attached hydrogens (tertiary/aromatic N) is 1. The van der Waals surface area contributed by atoms with Gasteiger partial charge in [-0.3, -0.25) is 0 Å². The highest BCUT2D eigenvalue weighted by Gasteiger charge is 2.56. The molecule has 4 heteroatoms. The molecule has 1 N–H and O–H groups in total. The lowest BCUT2D eigenvalue weighted by molar-refractivity contribution is 0.0705. The van der Waals surface area contributed by atoms with Crippen LogP contribution in [0.2, 0.25) is 0 Å². The standard InChI is InChI=1S/C19H22BrNO2/c1-11-4-6-13(20)17-14-10-12-5-7-15(23-3)18(22)16(12)19(11,17)8-9-21(14)2/h4-7,14,17,22H,8-10H2,1-3H3/t14-,17-,19-/m1/s1. The highest BCUT2D eigenvalue weighted by molar-refractivity contribution is 9.11. The minimum atomic E-state index is -0.128. The number of likely N-dealkylation sites (N-methyl/N-ethyl adjacent to an activating group) is 1. The number of phenolic OH excluding ortho intramolecular Hbond substituents is 1. The van der Waals surface area contributed by atoms with E-state index in [2.05, 4.69) is 53.0 Å². The van der Waals surface area contributed by atoms with Crippen molar-refractivity contribution in [3.8, 4) is 11.5 Å². The summed E-state index contributed by atoms with van der Waals surface area (Å²) in [7, 11) is 3.84. The lowest BCUT2D eigenvalue weighted by Gasteiger charge is -2.58. The van der Waals surface area contributed by atoms with E-state index >= 15 is 0 Å². The van der Waals surface area contributed by atoms with Crippen molar-refractivity contribution in [2.75, 3.05) is 20.7 Å². The molecule has 23 heavy (non-hydrogen) atoms. The Bertz CT molecular complexity index is 739. The molecule has 122 valence electrons. The van der Waals surface area contributed by atoms with Crippen LogP contribution in [0.4, 0.5) is 0 Å². The van der Waals surface area contributed by atoms with Crippen molar-refractivity contribution in [3.63, 3.8) is 0 Å². The Labute approximate surface area is 145 Å². The van der Waals surface area contributed by atoms with Gasteiger partial charge in [0.15, 0.2) is 11.5 Å². The van der Waals surface area contributed by atoms with Gasteiger partial charge in [-0.1, -0.05) is 39.7 Å². The van der Waals surface area contributed by atoms with Crippen molar-refractivity contribution in [3.05, 3.63) is 45.5 Å². The first kappa shape index (κ1) is 15.3. The summed E-state index contributed by atoms with van der Waals surface area (Å²) >= 11 is 3.82. The first-order valence-electron chi connectivity index (χ1n) is 8.14. The topological polar surface area (TPSA) is 32.7 Å². The predicted octanol–water partition coefficient (Wildman–Crippen LogP) is 3.75. The zero-order valence-corrected chi connectivity index (χ0v) is 15.4. The van der Waals surface area contributed by atoms with Crippen molar-refractivity contribution in [2.45, 2.75) is 31.2 Å². The van der Waals surface area contributed by atoms with Gasteiger partial charge in [0.2, 0.25) is 0 Å². The Morgan fingerprint density at radius 1 is 1.35 bits per heavy atom. The number of aromatic hydroxyl groups is 1. The number of methoxy groups -OCH3 is 1. The Kier molecular flexibility index (Phi) is 3.40. The molecule has 1 heterocycles.